The zero-order valence-electron chi connectivity index (χ0n) is 12.7. The molecular formula is C18H18N2O2. The predicted octanol–water partition coefficient (Wildman–Crippen LogP) is 2.07. The summed E-state index contributed by atoms with van der Waals surface area (Å²) < 4.78 is 0. The third-order valence-corrected chi connectivity index (χ3v) is 5.09. The van der Waals surface area contributed by atoms with E-state index in [9.17, 15) is 14.9 Å². The molecule has 0 aromatic heterocycles. The van der Waals surface area contributed by atoms with E-state index in [4.69, 9.17) is 0 Å². The minimum Gasteiger partial charge on any atom is -0.345 e. The summed E-state index contributed by atoms with van der Waals surface area (Å²) in [6, 6.07) is 11.5. The van der Waals surface area contributed by atoms with E-state index >= 15 is 0 Å². The summed E-state index contributed by atoms with van der Waals surface area (Å²) in [5.41, 5.74) is 0.0760. The number of fused-ring (bicyclic) bond motifs is 1. The van der Waals surface area contributed by atoms with Gasteiger partial charge in [0, 0.05) is 19.5 Å². The van der Waals surface area contributed by atoms with E-state index in [1.54, 1.807) is 18.0 Å². The molecule has 1 aliphatic carbocycles. The van der Waals surface area contributed by atoms with E-state index in [-0.39, 0.29) is 29.1 Å². The molecule has 0 N–H and O–H groups in total. The lowest BCUT2D eigenvalue weighted by Gasteiger charge is -2.49. The average Bonchev–Trinajstić information content (AvgIpc) is 2.55. The van der Waals surface area contributed by atoms with Gasteiger partial charge in [-0.15, -0.1) is 0 Å². The highest BCUT2D eigenvalue weighted by atomic mass is 16.2. The lowest BCUT2D eigenvalue weighted by molar-refractivity contribution is -0.143. The lowest BCUT2D eigenvalue weighted by Crippen LogP contribution is -2.58. The van der Waals surface area contributed by atoms with Crippen LogP contribution >= 0.6 is 0 Å². The molecule has 0 radical (unpaired) electrons. The smallest absolute Gasteiger partial charge is 0.237 e. The van der Waals surface area contributed by atoms with Crippen LogP contribution in [0.4, 0.5) is 0 Å². The number of likely N-dealkylation sites (N-methyl/N-ethyl adjacent to an activating group) is 1. The maximum atomic E-state index is 13.1. The molecule has 22 heavy (non-hydrogen) atoms. The molecule has 1 amide bonds. The standard InChI is InChI=1S/C18H18N2O2/c1-12-15-8-9-20(2)17(22)18(15,10-13(11-19)16(12)21)14-6-4-3-5-7-14/h3-7,10,12,15H,8-9H2,1-2H3/t12-,15+,18-/m1/s1. The topological polar surface area (TPSA) is 61.2 Å². The Morgan fingerprint density at radius 2 is 1.95 bits per heavy atom. The first-order valence-corrected chi connectivity index (χ1v) is 7.50. The number of nitrogens with zero attached hydrogens (tertiary/aromatic N) is 2. The Balaban J connectivity index is 2.30. The van der Waals surface area contributed by atoms with Crippen molar-refractivity contribution in [3.8, 4) is 6.07 Å². The number of rotatable bonds is 1. The van der Waals surface area contributed by atoms with Crippen LogP contribution in [-0.2, 0) is 15.0 Å². The van der Waals surface area contributed by atoms with Gasteiger partial charge in [-0.05, 0) is 24.0 Å². The van der Waals surface area contributed by atoms with Crippen molar-refractivity contribution in [1.29, 1.82) is 5.26 Å². The zero-order valence-corrected chi connectivity index (χ0v) is 12.7. The van der Waals surface area contributed by atoms with Crippen LogP contribution in [0, 0.1) is 23.2 Å². The first kappa shape index (κ1) is 14.5. The van der Waals surface area contributed by atoms with Crippen molar-refractivity contribution in [2.24, 2.45) is 11.8 Å². The van der Waals surface area contributed by atoms with Gasteiger partial charge in [-0.25, -0.2) is 0 Å². The highest BCUT2D eigenvalue weighted by Crippen LogP contribution is 2.48. The van der Waals surface area contributed by atoms with Gasteiger partial charge in [0.05, 0.1) is 11.0 Å². The van der Waals surface area contributed by atoms with E-state index in [1.807, 2.05) is 43.3 Å². The quantitative estimate of drug-likeness (QED) is 0.796. The molecular weight excluding hydrogens is 276 g/mol. The van der Waals surface area contributed by atoms with E-state index in [0.717, 1.165) is 12.0 Å². The summed E-state index contributed by atoms with van der Waals surface area (Å²) in [5, 5.41) is 9.32. The van der Waals surface area contributed by atoms with Gasteiger partial charge < -0.3 is 4.90 Å². The highest BCUT2D eigenvalue weighted by molar-refractivity contribution is 6.06. The predicted molar refractivity (Wildman–Crippen MR) is 81.7 cm³/mol. The molecule has 1 aromatic rings. The van der Waals surface area contributed by atoms with E-state index < -0.39 is 5.41 Å². The molecule has 0 spiro atoms. The van der Waals surface area contributed by atoms with E-state index in [1.165, 1.54) is 0 Å². The minimum absolute atomic E-state index is 0.0259. The summed E-state index contributed by atoms with van der Waals surface area (Å²) in [5.74, 6) is -0.584. The number of ketones is 1. The van der Waals surface area contributed by atoms with Gasteiger partial charge >= 0.3 is 0 Å². The van der Waals surface area contributed by atoms with Gasteiger partial charge in [0.1, 0.15) is 6.07 Å². The third-order valence-electron chi connectivity index (χ3n) is 5.09. The zero-order chi connectivity index (χ0) is 15.9. The van der Waals surface area contributed by atoms with E-state index in [0.29, 0.717) is 6.54 Å². The van der Waals surface area contributed by atoms with Crippen molar-refractivity contribution in [1.82, 2.24) is 4.90 Å². The number of Topliss-reactive ketones (excluding diaryl/α,β-unsaturated/α-hetero) is 1. The van der Waals surface area contributed by atoms with Crippen molar-refractivity contribution in [2.75, 3.05) is 13.6 Å². The van der Waals surface area contributed by atoms with Crippen LogP contribution in [0.3, 0.4) is 0 Å². The number of hydrogen-bond donors (Lipinski definition) is 0. The molecule has 0 saturated carbocycles. The van der Waals surface area contributed by atoms with Crippen LogP contribution in [-0.4, -0.2) is 30.2 Å². The van der Waals surface area contributed by atoms with Crippen molar-refractivity contribution in [3.63, 3.8) is 0 Å². The molecule has 1 saturated heterocycles. The maximum absolute atomic E-state index is 13.1. The monoisotopic (exact) mass is 294 g/mol. The Bertz CT molecular complexity index is 702. The van der Waals surface area contributed by atoms with Crippen LogP contribution in [0.5, 0.6) is 0 Å². The number of amides is 1. The number of piperidine rings is 1. The Morgan fingerprint density at radius 3 is 2.59 bits per heavy atom. The van der Waals surface area contributed by atoms with Gasteiger partial charge in [0.15, 0.2) is 5.78 Å². The molecule has 3 rings (SSSR count). The molecule has 4 nitrogen and oxygen atoms in total. The molecule has 1 heterocycles. The second-order valence-corrected chi connectivity index (χ2v) is 6.18. The molecule has 0 unspecified atom stereocenters. The molecule has 1 aliphatic heterocycles. The molecule has 0 bridgehead atoms. The largest absolute Gasteiger partial charge is 0.345 e. The number of allylic oxidation sites excluding steroid dienone is 1. The minimum atomic E-state index is -0.896. The second-order valence-electron chi connectivity index (χ2n) is 6.18. The van der Waals surface area contributed by atoms with Crippen molar-refractivity contribution in [3.05, 3.63) is 47.5 Å². The molecule has 1 aromatic carbocycles. The maximum Gasteiger partial charge on any atom is 0.237 e. The summed E-state index contributed by atoms with van der Waals surface area (Å²) in [4.78, 5) is 27.1. The number of likely N-dealkylation sites (tertiary alicyclic amines) is 1. The van der Waals surface area contributed by atoms with Gasteiger partial charge in [0.25, 0.3) is 0 Å². The SMILES string of the molecule is C[C@H]1C(=O)C(C#N)=C[C@]2(c3ccccc3)C(=O)N(C)CC[C@@H]12. The van der Waals surface area contributed by atoms with Crippen LogP contribution in [0.2, 0.25) is 0 Å². The summed E-state index contributed by atoms with van der Waals surface area (Å²) in [6.45, 7) is 2.49. The van der Waals surface area contributed by atoms with Gasteiger partial charge in [-0.3, -0.25) is 9.59 Å². The van der Waals surface area contributed by atoms with Gasteiger partial charge in [-0.1, -0.05) is 37.3 Å². The third kappa shape index (κ3) is 1.82. The van der Waals surface area contributed by atoms with Gasteiger partial charge in [-0.2, -0.15) is 5.26 Å². The van der Waals surface area contributed by atoms with Gasteiger partial charge in [0.2, 0.25) is 5.91 Å². The van der Waals surface area contributed by atoms with Crippen LogP contribution in [0.25, 0.3) is 0 Å². The highest BCUT2D eigenvalue weighted by Gasteiger charge is 2.55. The molecule has 2 aliphatic rings. The van der Waals surface area contributed by atoms with E-state index in [2.05, 4.69) is 0 Å². The summed E-state index contributed by atoms with van der Waals surface area (Å²) >= 11 is 0. The van der Waals surface area contributed by atoms with Crippen molar-refractivity contribution >= 4 is 11.7 Å². The number of nitriles is 1. The molecule has 1 fully saturated rings. The molecule has 3 atom stereocenters. The fourth-order valence-corrected chi connectivity index (χ4v) is 3.90. The summed E-state index contributed by atoms with van der Waals surface area (Å²) in [7, 11) is 1.78. The number of carbonyl (C=O) groups excluding carboxylic acids is 2. The first-order valence-electron chi connectivity index (χ1n) is 7.50. The first-order chi connectivity index (χ1) is 10.5. The molecule has 112 valence electrons. The van der Waals surface area contributed by atoms with Crippen molar-refractivity contribution in [2.45, 2.75) is 18.8 Å². The Morgan fingerprint density at radius 1 is 1.27 bits per heavy atom. The Hall–Kier alpha value is -2.41. The fraction of sp³-hybridized carbons (Fsp3) is 0.389. The normalized spacial score (nSPS) is 31.3. The second kappa shape index (κ2) is 5.10. The number of carbonyl (C=O) groups is 2. The number of hydrogen-bond acceptors (Lipinski definition) is 3. The van der Waals surface area contributed by atoms with Crippen LogP contribution < -0.4 is 0 Å². The number of benzene rings is 1. The lowest BCUT2D eigenvalue weighted by atomic mass is 9.57. The van der Waals surface area contributed by atoms with Crippen molar-refractivity contribution < 1.29 is 9.59 Å². The average molecular weight is 294 g/mol. The fourth-order valence-electron chi connectivity index (χ4n) is 3.90. The van der Waals surface area contributed by atoms with Crippen LogP contribution in [0.15, 0.2) is 42.0 Å². The molecule has 4 heteroatoms. The Kier molecular flexibility index (Phi) is 3.37. The van der Waals surface area contributed by atoms with Crippen LogP contribution in [0.1, 0.15) is 18.9 Å². The Labute approximate surface area is 130 Å². The summed E-state index contributed by atoms with van der Waals surface area (Å²) in [6.07, 6.45) is 2.38.